The van der Waals surface area contributed by atoms with Gasteiger partial charge in [-0.3, -0.25) is 0 Å². The number of hydrogen-bond acceptors (Lipinski definition) is 3. The summed E-state index contributed by atoms with van der Waals surface area (Å²) in [7, 11) is 1.31. The van der Waals surface area contributed by atoms with Crippen molar-refractivity contribution in [3.05, 3.63) is 52.1 Å². The number of benzene rings is 1. The summed E-state index contributed by atoms with van der Waals surface area (Å²) < 4.78 is 4.71. The zero-order valence-electron chi connectivity index (χ0n) is 9.48. The first-order valence-corrected chi connectivity index (χ1v) is 5.89. The van der Waals surface area contributed by atoms with Crippen LogP contribution in [-0.4, -0.2) is 18.1 Å². The Morgan fingerprint density at radius 3 is 2.50 bits per heavy atom. The molecule has 3 nitrogen and oxygen atoms in total. The van der Waals surface area contributed by atoms with E-state index in [1.807, 2.05) is 30.3 Å². The van der Waals surface area contributed by atoms with Crippen LogP contribution in [0.3, 0.4) is 0 Å². The Labute approximate surface area is 114 Å². The van der Waals surface area contributed by atoms with Crippen LogP contribution in [0.1, 0.15) is 10.4 Å². The van der Waals surface area contributed by atoms with Crippen LogP contribution >= 0.6 is 23.2 Å². The summed E-state index contributed by atoms with van der Waals surface area (Å²) in [6, 6.07) is 10.7. The van der Waals surface area contributed by atoms with Crippen LogP contribution in [-0.2, 0) is 4.74 Å². The van der Waals surface area contributed by atoms with Crippen molar-refractivity contribution < 1.29 is 9.53 Å². The first-order chi connectivity index (χ1) is 8.63. The summed E-state index contributed by atoms with van der Waals surface area (Å²) >= 11 is 11.8. The smallest absolute Gasteiger partial charge is 0.340 e. The molecule has 92 valence electrons. The van der Waals surface area contributed by atoms with E-state index in [0.717, 1.165) is 5.56 Å². The second-order valence-corrected chi connectivity index (χ2v) is 4.28. The average Bonchev–Trinajstić information content (AvgIpc) is 2.41. The van der Waals surface area contributed by atoms with Crippen LogP contribution in [0.4, 0.5) is 0 Å². The molecule has 0 fully saturated rings. The molecule has 0 saturated heterocycles. The number of hydrogen-bond donors (Lipinski definition) is 0. The summed E-state index contributed by atoms with van der Waals surface area (Å²) in [6.45, 7) is 0. The molecule has 0 unspecified atom stereocenters. The highest BCUT2D eigenvalue weighted by Gasteiger charge is 2.17. The highest BCUT2D eigenvalue weighted by Crippen LogP contribution is 2.29. The molecule has 2 aromatic rings. The minimum Gasteiger partial charge on any atom is -0.465 e. The summed E-state index contributed by atoms with van der Waals surface area (Å²) in [5, 5.41) is 0.375. The van der Waals surface area contributed by atoms with Crippen molar-refractivity contribution in [3.8, 4) is 11.3 Å². The van der Waals surface area contributed by atoms with Crippen molar-refractivity contribution in [1.82, 2.24) is 4.98 Å². The van der Waals surface area contributed by atoms with E-state index in [4.69, 9.17) is 27.9 Å². The van der Waals surface area contributed by atoms with Crippen molar-refractivity contribution in [3.63, 3.8) is 0 Å². The maximum Gasteiger partial charge on any atom is 0.340 e. The number of nitrogens with zero attached hydrogens (tertiary/aromatic N) is 1. The third kappa shape index (κ3) is 2.47. The fourth-order valence-corrected chi connectivity index (χ4v) is 1.84. The number of halogens is 2. The fraction of sp³-hybridized carbons (Fsp3) is 0.0769. The minimum absolute atomic E-state index is 0.156. The first-order valence-electron chi connectivity index (χ1n) is 5.13. The molecule has 0 spiro atoms. The molecule has 0 aliphatic carbocycles. The SMILES string of the molecule is COC(=O)c1cc(Cl)c(Cl)nc1-c1ccccc1. The van der Waals surface area contributed by atoms with Crippen molar-refractivity contribution in [1.29, 1.82) is 0 Å². The number of ether oxygens (including phenoxy) is 1. The van der Waals surface area contributed by atoms with Crippen LogP contribution in [0.2, 0.25) is 10.2 Å². The number of esters is 1. The van der Waals surface area contributed by atoms with Crippen molar-refractivity contribution in [2.45, 2.75) is 0 Å². The number of carbonyl (C=O) groups excluding carboxylic acids is 1. The first kappa shape index (κ1) is 12.9. The molecule has 0 bridgehead atoms. The molecule has 1 heterocycles. The lowest BCUT2D eigenvalue weighted by Crippen LogP contribution is -2.05. The Morgan fingerprint density at radius 1 is 1.22 bits per heavy atom. The highest BCUT2D eigenvalue weighted by atomic mass is 35.5. The van der Waals surface area contributed by atoms with Gasteiger partial charge in [-0.15, -0.1) is 0 Å². The Morgan fingerprint density at radius 2 is 1.89 bits per heavy atom. The number of aromatic nitrogens is 1. The molecule has 0 radical (unpaired) electrons. The summed E-state index contributed by atoms with van der Waals surface area (Å²) in [6.07, 6.45) is 0. The largest absolute Gasteiger partial charge is 0.465 e. The van der Waals surface area contributed by atoms with E-state index >= 15 is 0 Å². The quantitative estimate of drug-likeness (QED) is 0.620. The van der Waals surface area contributed by atoms with Crippen LogP contribution in [0.25, 0.3) is 11.3 Å². The lowest BCUT2D eigenvalue weighted by Gasteiger charge is -2.08. The van der Waals surface area contributed by atoms with Gasteiger partial charge in [0.1, 0.15) is 5.15 Å². The van der Waals surface area contributed by atoms with Gasteiger partial charge >= 0.3 is 5.97 Å². The molecular formula is C13H9Cl2NO2. The molecule has 2 rings (SSSR count). The van der Waals surface area contributed by atoms with Gasteiger partial charge in [-0.25, -0.2) is 9.78 Å². The fourth-order valence-electron chi connectivity index (χ4n) is 1.55. The molecular weight excluding hydrogens is 273 g/mol. The molecule has 0 N–H and O–H groups in total. The van der Waals surface area contributed by atoms with Gasteiger partial charge in [-0.2, -0.15) is 0 Å². The Bertz CT molecular complexity index is 585. The zero-order chi connectivity index (χ0) is 13.1. The number of pyridine rings is 1. The summed E-state index contributed by atoms with van der Waals surface area (Å²) in [4.78, 5) is 15.9. The highest BCUT2D eigenvalue weighted by molar-refractivity contribution is 6.41. The third-order valence-corrected chi connectivity index (χ3v) is 3.06. The van der Waals surface area contributed by atoms with Gasteiger partial charge in [0.05, 0.1) is 23.4 Å². The molecule has 1 aromatic carbocycles. The van der Waals surface area contributed by atoms with Gasteiger partial charge in [0.25, 0.3) is 0 Å². The van der Waals surface area contributed by atoms with Crippen molar-refractivity contribution in [2.75, 3.05) is 7.11 Å². The lowest BCUT2D eigenvalue weighted by atomic mass is 10.1. The lowest BCUT2D eigenvalue weighted by molar-refractivity contribution is 0.0601. The van der Waals surface area contributed by atoms with E-state index in [9.17, 15) is 4.79 Å². The Kier molecular flexibility index (Phi) is 3.84. The van der Waals surface area contributed by atoms with Gasteiger partial charge < -0.3 is 4.74 Å². The van der Waals surface area contributed by atoms with E-state index in [1.54, 1.807) is 0 Å². The predicted molar refractivity (Wildman–Crippen MR) is 71.0 cm³/mol. The topological polar surface area (TPSA) is 39.2 Å². The van der Waals surface area contributed by atoms with Gasteiger partial charge in [0, 0.05) is 5.56 Å². The van der Waals surface area contributed by atoms with E-state index in [2.05, 4.69) is 4.98 Å². The normalized spacial score (nSPS) is 10.2. The van der Waals surface area contributed by atoms with Crippen molar-refractivity contribution >= 4 is 29.2 Å². The minimum atomic E-state index is -0.500. The Hall–Kier alpha value is -1.58. The van der Waals surface area contributed by atoms with E-state index in [-0.39, 0.29) is 15.7 Å². The molecule has 0 amide bonds. The van der Waals surface area contributed by atoms with Crippen LogP contribution in [0, 0.1) is 0 Å². The molecule has 5 heteroatoms. The average molecular weight is 282 g/mol. The van der Waals surface area contributed by atoms with Gasteiger partial charge in [-0.05, 0) is 6.07 Å². The standard InChI is InChI=1S/C13H9Cl2NO2/c1-18-13(17)9-7-10(14)12(15)16-11(9)8-5-3-2-4-6-8/h2-7H,1H3. The second kappa shape index (κ2) is 5.38. The molecule has 0 aliphatic heterocycles. The molecule has 18 heavy (non-hydrogen) atoms. The number of carbonyl (C=O) groups is 1. The third-order valence-electron chi connectivity index (χ3n) is 2.39. The molecule has 0 aliphatic rings. The maximum atomic E-state index is 11.7. The van der Waals surface area contributed by atoms with Crippen LogP contribution in [0.5, 0.6) is 0 Å². The van der Waals surface area contributed by atoms with Crippen molar-refractivity contribution in [2.24, 2.45) is 0 Å². The van der Waals surface area contributed by atoms with Crippen LogP contribution < -0.4 is 0 Å². The predicted octanol–water partition coefficient (Wildman–Crippen LogP) is 3.84. The van der Waals surface area contributed by atoms with E-state index in [0.29, 0.717) is 5.69 Å². The zero-order valence-corrected chi connectivity index (χ0v) is 11.0. The van der Waals surface area contributed by atoms with E-state index < -0.39 is 5.97 Å². The number of methoxy groups -OCH3 is 1. The summed E-state index contributed by atoms with van der Waals surface area (Å²) in [5.41, 5.74) is 1.52. The van der Waals surface area contributed by atoms with E-state index in [1.165, 1.54) is 13.2 Å². The molecule has 1 aromatic heterocycles. The second-order valence-electron chi connectivity index (χ2n) is 3.51. The van der Waals surface area contributed by atoms with Gasteiger partial charge in [0.15, 0.2) is 0 Å². The summed E-state index contributed by atoms with van der Waals surface area (Å²) in [5.74, 6) is -0.500. The van der Waals surface area contributed by atoms with Gasteiger partial charge in [0.2, 0.25) is 0 Å². The van der Waals surface area contributed by atoms with Gasteiger partial charge in [-0.1, -0.05) is 53.5 Å². The molecule has 0 saturated carbocycles. The van der Waals surface area contributed by atoms with Crippen LogP contribution in [0.15, 0.2) is 36.4 Å². The Balaban J connectivity index is 2.65. The monoisotopic (exact) mass is 281 g/mol. The maximum absolute atomic E-state index is 11.7. The molecule has 0 atom stereocenters. The number of rotatable bonds is 2.